The minimum Gasteiger partial charge on any atom is -0.374 e. The molecule has 1 aromatic heterocycles. The fraction of sp³-hybridized carbons (Fsp3) is 0.733. The highest BCUT2D eigenvalue weighted by molar-refractivity contribution is 7.12. The molecule has 0 saturated carbocycles. The Morgan fingerprint density at radius 1 is 1.33 bits per heavy atom. The van der Waals surface area contributed by atoms with Crippen LogP contribution in [-0.2, 0) is 17.9 Å². The zero-order chi connectivity index (χ0) is 13.5. The largest absolute Gasteiger partial charge is 0.374 e. The second kappa shape index (κ2) is 7.93. The number of aryl methyl sites for hydroxylation is 1. The van der Waals surface area contributed by atoms with E-state index in [-0.39, 0.29) is 0 Å². The molecule has 0 fully saturated rings. The van der Waals surface area contributed by atoms with Crippen molar-refractivity contribution in [1.82, 2.24) is 5.32 Å². The quantitative estimate of drug-likeness (QED) is 0.717. The van der Waals surface area contributed by atoms with Gasteiger partial charge in [-0.15, -0.1) is 11.3 Å². The van der Waals surface area contributed by atoms with Gasteiger partial charge in [0.1, 0.15) is 0 Å². The number of hydrogen-bond donors (Lipinski definition) is 1. The molecule has 0 aliphatic rings. The van der Waals surface area contributed by atoms with E-state index in [0.29, 0.717) is 12.0 Å². The summed E-state index contributed by atoms with van der Waals surface area (Å²) in [6.07, 6.45) is 1.51. The molecule has 1 atom stereocenters. The first-order chi connectivity index (χ1) is 8.54. The molecule has 0 saturated heterocycles. The predicted molar refractivity (Wildman–Crippen MR) is 80.1 cm³/mol. The third-order valence-electron chi connectivity index (χ3n) is 3.24. The first-order valence-corrected chi connectivity index (χ1v) is 7.76. The molecule has 0 radical (unpaired) electrons. The van der Waals surface area contributed by atoms with E-state index in [2.05, 4.69) is 46.0 Å². The molecule has 0 aromatic carbocycles. The van der Waals surface area contributed by atoms with Gasteiger partial charge < -0.3 is 10.1 Å². The lowest BCUT2D eigenvalue weighted by atomic mass is 10.1. The maximum atomic E-state index is 5.90. The maximum Gasteiger partial charge on any atom is 0.0731 e. The number of rotatable bonds is 8. The molecule has 18 heavy (non-hydrogen) atoms. The maximum absolute atomic E-state index is 5.90. The van der Waals surface area contributed by atoms with Crippen LogP contribution in [-0.4, -0.2) is 12.6 Å². The molecule has 1 unspecified atom stereocenters. The fourth-order valence-corrected chi connectivity index (χ4v) is 2.64. The summed E-state index contributed by atoms with van der Waals surface area (Å²) in [6, 6.07) is 2.29. The molecule has 0 bridgehead atoms. The van der Waals surface area contributed by atoms with Gasteiger partial charge in [0.05, 0.1) is 12.7 Å². The van der Waals surface area contributed by atoms with Crippen molar-refractivity contribution in [3.05, 3.63) is 21.4 Å². The first-order valence-electron chi connectivity index (χ1n) is 6.95. The van der Waals surface area contributed by atoms with E-state index >= 15 is 0 Å². The molecule has 1 N–H and O–H groups in total. The summed E-state index contributed by atoms with van der Waals surface area (Å²) in [5.41, 5.74) is 1.35. The highest BCUT2D eigenvalue weighted by Gasteiger charge is 2.10. The summed E-state index contributed by atoms with van der Waals surface area (Å²) in [5.74, 6) is 0.578. The average molecular weight is 269 g/mol. The standard InChI is InChI=1S/C15H27NOS/c1-6-7-16-9-15-8-14(13(5)18-15)10-17-12(4)11(2)3/h8,11-12,16H,6-7,9-10H2,1-5H3. The van der Waals surface area contributed by atoms with E-state index < -0.39 is 0 Å². The Bertz CT molecular complexity index is 346. The van der Waals surface area contributed by atoms with Crippen molar-refractivity contribution in [2.45, 2.75) is 60.3 Å². The van der Waals surface area contributed by atoms with Crippen molar-refractivity contribution < 1.29 is 4.74 Å². The lowest BCUT2D eigenvalue weighted by Crippen LogP contribution is -2.15. The molecule has 0 aliphatic heterocycles. The van der Waals surface area contributed by atoms with Crippen molar-refractivity contribution in [2.75, 3.05) is 6.54 Å². The van der Waals surface area contributed by atoms with Gasteiger partial charge in [-0.05, 0) is 44.4 Å². The zero-order valence-corrected chi connectivity index (χ0v) is 13.2. The molecule has 104 valence electrons. The molecule has 0 aliphatic carbocycles. The predicted octanol–water partition coefficient (Wildman–Crippen LogP) is 4.12. The Kier molecular flexibility index (Phi) is 6.90. The average Bonchev–Trinajstić information content (AvgIpc) is 2.67. The minimum absolute atomic E-state index is 0.325. The van der Waals surface area contributed by atoms with Crippen LogP contribution in [0.5, 0.6) is 0 Å². The summed E-state index contributed by atoms with van der Waals surface area (Å²) in [7, 11) is 0. The van der Waals surface area contributed by atoms with Crippen LogP contribution in [0.1, 0.15) is 49.4 Å². The highest BCUT2D eigenvalue weighted by Crippen LogP contribution is 2.23. The van der Waals surface area contributed by atoms with Crippen LogP contribution in [0.4, 0.5) is 0 Å². The Morgan fingerprint density at radius 2 is 2.06 bits per heavy atom. The second-order valence-electron chi connectivity index (χ2n) is 5.23. The van der Waals surface area contributed by atoms with Gasteiger partial charge >= 0.3 is 0 Å². The lowest BCUT2D eigenvalue weighted by molar-refractivity contribution is 0.0234. The third kappa shape index (κ3) is 5.09. The van der Waals surface area contributed by atoms with Crippen molar-refractivity contribution in [2.24, 2.45) is 5.92 Å². The molecule has 1 aromatic rings. The third-order valence-corrected chi connectivity index (χ3v) is 4.33. The summed E-state index contributed by atoms with van der Waals surface area (Å²) < 4.78 is 5.90. The van der Waals surface area contributed by atoms with E-state index in [1.807, 2.05) is 11.3 Å². The van der Waals surface area contributed by atoms with Crippen molar-refractivity contribution in [3.63, 3.8) is 0 Å². The summed E-state index contributed by atoms with van der Waals surface area (Å²) in [4.78, 5) is 2.80. The van der Waals surface area contributed by atoms with Crippen molar-refractivity contribution in [3.8, 4) is 0 Å². The SMILES string of the molecule is CCCNCc1cc(COC(C)C(C)C)c(C)s1. The molecule has 2 nitrogen and oxygen atoms in total. The smallest absolute Gasteiger partial charge is 0.0731 e. The molecule has 1 heterocycles. The summed E-state index contributed by atoms with van der Waals surface area (Å²) >= 11 is 1.88. The van der Waals surface area contributed by atoms with Crippen molar-refractivity contribution in [1.29, 1.82) is 0 Å². The van der Waals surface area contributed by atoms with Crippen LogP contribution in [0.25, 0.3) is 0 Å². The normalized spacial score (nSPS) is 13.2. The second-order valence-corrected chi connectivity index (χ2v) is 6.57. The summed E-state index contributed by atoms with van der Waals surface area (Å²) in [6.45, 7) is 13.8. The van der Waals surface area contributed by atoms with E-state index in [0.717, 1.165) is 19.7 Å². The molecule has 0 spiro atoms. The molecule has 1 rings (SSSR count). The Labute approximate surface area is 116 Å². The highest BCUT2D eigenvalue weighted by atomic mass is 32.1. The Balaban J connectivity index is 2.46. The van der Waals surface area contributed by atoms with E-state index in [1.54, 1.807) is 0 Å². The van der Waals surface area contributed by atoms with Crippen LogP contribution in [0.2, 0.25) is 0 Å². The first kappa shape index (κ1) is 15.7. The van der Waals surface area contributed by atoms with E-state index in [4.69, 9.17) is 4.74 Å². The molecule has 0 amide bonds. The number of thiophene rings is 1. The lowest BCUT2D eigenvalue weighted by Gasteiger charge is -2.16. The van der Waals surface area contributed by atoms with Gasteiger partial charge in [0.15, 0.2) is 0 Å². The Morgan fingerprint density at radius 3 is 2.67 bits per heavy atom. The van der Waals surface area contributed by atoms with Crippen LogP contribution in [0.3, 0.4) is 0 Å². The van der Waals surface area contributed by atoms with Crippen LogP contribution in [0, 0.1) is 12.8 Å². The van der Waals surface area contributed by atoms with Gasteiger partial charge in [-0.2, -0.15) is 0 Å². The van der Waals surface area contributed by atoms with Crippen LogP contribution in [0.15, 0.2) is 6.07 Å². The number of hydrogen-bond acceptors (Lipinski definition) is 3. The van der Waals surface area contributed by atoms with E-state index in [9.17, 15) is 0 Å². The van der Waals surface area contributed by atoms with Gasteiger partial charge in [0, 0.05) is 16.3 Å². The fourth-order valence-electron chi connectivity index (χ4n) is 1.62. The van der Waals surface area contributed by atoms with Gasteiger partial charge in [-0.1, -0.05) is 20.8 Å². The number of ether oxygens (including phenoxy) is 1. The topological polar surface area (TPSA) is 21.3 Å². The van der Waals surface area contributed by atoms with Gasteiger partial charge in [-0.3, -0.25) is 0 Å². The van der Waals surface area contributed by atoms with Gasteiger partial charge in [-0.25, -0.2) is 0 Å². The number of nitrogens with one attached hydrogen (secondary N) is 1. The van der Waals surface area contributed by atoms with Crippen LogP contribution >= 0.6 is 11.3 Å². The molecule has 3 heteroatoms. The monoisotopic (exact) mass is 269 g/mol. The van der Waals surface area contributed by atoms with Crippen molar-refractivity contribution >= 4 is 11.3 Å². The molecular weight excluding hydrogens is 242 g/mol. The zero-order valence-electron chi connectivity index (χ0n) is 12.4. The van der Waals surface area contributed by atoms with Gasteiger partial charge in [0.25, 0.3) is 0 Å². The Hall–Kier alpha value is -0.380. The molecular formula is C15H27NOS. The van der Waals surface area contributed by atoms with E-state index in [1.165, 1.54) is 21.7 Å². The minimum atomic E-state index is 0.325. The van der Waals surface area contributed by atoms with Gasteiger partial charge in [0.2, 0.25) is 0 Å². The van der Waals surface area contributed by atoms with Crippen LogP contribution < -0.4 is 5.32 Å². The summed E-state index contributed by atoms with van der Waals surface area (Å²) in [5, 5.41) is 3.44.